The van der Waals surface area contributed by atoms with Gasteiger partial charge in [-0.1, -0.05) is 11.6 Å². The Bertz CT molecular complexity index is 408. The first-order chi connectivity index (χ1) is 7.47. The van der Waals surface area contributed by atoms with Gasteiger partial charge in [0.1, 0.15) is 6.04 Å². The van der Waals surface area contributed by atoms with Gasteiger partial charge in [0.15, 0.2) is 11.5 Å². The van der Waals surface area contributed by atoms with E-state index in [1.54, 1.807) is 0 Å². The Morgan fingerprint density at radius 2 is 2.25 bits per heavy atom. The molecule has 1 aromatic carbocycles. The number of halogens is 1. The smallest absolute Gasteiger partial charge is 0.320 e. The molecule has 0 aliphatic rings. The Kier molecular flexibility index (Phi) is 3.98. The molecular formula is C10H12ClNO4. The Labute approximate surface area is 97.4 Å². The lowest BCUT2D eigenvalue weighted by molar-refractivity contribution is -0.138. The third-order valence-corrected chi connectivity index (χ3v) is 2.50. The average Bonchev–Trinajstić information content (AvgIpc) is 2.24. The molecule has 0 radical (unpaired) electrons. The molecule has 0 fully saturated rings. The van der Waals surface area contributed by atoms with E-state index in [0.717, 1.165) is 0 Å². The molecular weight excluding hydrogens is 234 g/mol. The van der Waals surface area contributed by atoms with Gasteiger partial charge in [0, 0.05) is 17.0 Å². The second-order valence-electron chi connectivity index (χ2n) is 3.23. The summed E-state index contributed by atoms with van der Waals surface area (Å²) in [6.45, 7) is 0. The molecule has 0 amide bonds. The van der Waals surface area contributed by atoms with E-state index < -0.39 is 12.0 Å². The number of nitrogens with two attached hydrogens (primary N) is 1. The SMILES string of the molecule is COc1ccc(Cl)c(CC(N)C(=O)O)c1O. The number of phenolic OH excluding ortho intramolecular Hbond substituents is 1. The van der Waals surface area contributed by atoms with Crippen LogP contribution in [0.4, 0.5) is 0 Å². The Morgan fingerprint density at radius 1 is 1.62 bits per heavy atom. The summed E-state index contributed by atoms with van der Waals surface area (Å²) in [5, 5.41) is 18.7. The molecule has 0 saturated carbocycles. The van der Waals surface area contributed by atoms with Crippen LogP contribution in [-0.4, -0.2) is 29.3 Å². The van der Waals surface area contributed by atoms with Crippen LogP contribution >= 0.6 is 11.6 Å². The van der Waals surface area contributed by atoms with Crippen LogP contribution in [0.15, 0.2) is 12.1 Å². The van der Waals surface area contributed by atoms with Crippen molar-refractivity contribution in [1.82, 2.24) is 0 Å². The monoisotopic (exact) mass is 245 g/mol. The summed E-state index contributed by atoms with van der Waals surface area (Å²) in [6.07, 6.45) is -0.0583. The second-order valence-corrected chi connectivity index (χ2v) is 3.63. The van der Waals surface area contributed by atoms with Gasteiger partial charge in [0.2, 0.25) is 0 Å². The zero-order valence-corrected chi connectivity index (χ0v) is 9.36. The van der Waals surface area contributed by atoms with Gasteiger partial charge in [0.05, 0.1) is 7.11 Å². The van der Waals surface area contributed by atoms with Crippen molar-refractivity contribution in [2.24, 2.45) is 5.73 Å². The Hall–Kier alpha value is -1.46. The molecule has 88 valence electrons. The summed E-state index contributed by atoms with van der Waals surface area (Å²) < 4.78 is 4.89. The van der Waals surface area contributed by atoms with E-state index in [1.165, 1.54) is 19.2 Å². The number of ether oxygens (including phenoxy) is 1. The van der Waals surface area contributed by atoms with E-state index in [9.17, 15) is 9.90 Å². The Morgan fingerprint density at radius 3 is 2.75 bits per heavy atom. The van der Waals surface area contributed by atoms with Gasteiger partial charge in [-0.3, -0.25) is 4.79 Å². The zero-order valence-electron chi connectivity index (χ0n) is 8.61. The molecule has 16 heavy (non-hydrogen) atoms. The highest BCUT2D eigenvalue weighted by Gasteiger charge is 2.19. The first-order valence-corrected chi connectivity index (χ1v) is 4.88. The van der Waals surface area contributed by atoms with Gasteiger partial charge >= 0.3 is 5.97 Å². The lowest BCUT2D eigenvalue weighted by Crippen LogP contribution is -2.32. The van der Waals surface area contributed by atoms with Crippen molar-refractivity contribution >= 4 is 17.6 Å². The molecule has 0 aliphatic heterocycles. The molecule has 4 N–H and O–H groups in total. The van der Waals surface area contributed by atoms with Crippen LogP contribution in [0.5, 0.6) is 11.5 Å². The van der Waals surface area contributed by atoms with Crippen LogP contribution in [-0.2, 0) is 11.2 Å². The molecule has 6 heteroatoms. The van der Waals surface area contributed by atoms with E-state index in [2.05, 4.69) is 0 Å². The summed E-state index contributed by atoms with van der Waals surface area (Å²) in [5.74, 6) is -1.10. The number of benzene rings is 1. The number of phenols is 1. The number of rotatable bonds is 4. The van der Waals surface area contributed by atoms with Crippen LogP contribution in [0, 0.1) is 0 Å². The van der Waals surface area contributed by atoms with Crippen LogP contribution < -0.4 is 10.5 Å². The van der Waals surface area contributed by atoms with Crippen LogP contribution in [0.25, 0.3) is 0 Å². The maximum Gasteiger partial charge on any atom is 0.320 e. The van der Waals surface area contributed by atoms with Crippen molar-refractivity contribution in [2.45, 2.75) is 12.5 Å². The number of methoxy groups -OCH3 is 1. The molecule has 1 atom stereocenters. The molecule has 0 saturated heterocycles. The molecule has 0 spiro atoms. The number of carboxylic acids is 1. The number of aliphatic carboxylic acids is 1. The highest BCUT2D eigenvalue weighted by Crippen LogP contribution is 2.35. The van der Waals surface area contributed by atoms with Crippen LogP contribution in [0.3, 0.4) is 0 Å². The quantitative estimate of drug-likeness (QED) is 0.736. The number of carbonyl (C=O) groups is 1. The first kappa shape index (κ1) is 12.6. The van der Waals surface area contributed by atoms with Crippen molar-refractivity contribution in [3.63, 3.8) is 0 Å². The fourth-order valence-electron chi connectivity index (χ4n) is 1.26. The van der Waals surface area contributed by atoms with Gasteiger partial charge < -0.3 is 20.7 Å². The molecule has 0 aliphatic carbocycles. The zero-order chi connectivity index (χ0) is 12.3. The molecule has 5 nitrogen and oxygen atoms in total. The minimum absolute atomic E-state index is 0.0583. The summed E-state index contributed by atoms with van der Waals surface area (Å²) in [5.41, 5.74) is 5.64. The molecule has 0 heterocycles. The highest BCUT2D eigenvalue weighted by molar-refractivity contribution is 6.31. The lowest BCUT2D eigenvalue weighted by atomic mass is 10.0. The van der Waals surface area contributed by atoms with Crippen molar-refractivity contribution in [2.75, 3.05) is 7.11 Å². The standard InChI is InChI=1S/C10H12ClNO4/c1-16-8-3-2-6(11)5(9(8)13)4-7(12)10(14)15/h2-3,7,13H,4,12H2,1H3,(H,14,15). The summed E-state index contributed by atoms with van der Waals surface area (Å²) in [6, 6.07) is 1.90. The largest absolute Gasteiger partial charge is 0.504 e. The van der Waals surface area contributed by atoms with Crippen molar-refractivity contribution in [3.05, 3.63) is 22.7 Å². The highest BCUT2D eigenvalue weighted by atomic mass is 35.5. The van der Waals surface area contributed by atoms with Gasteiger partial charge in [-0.2, -0.15) is 0 Å². The van der Waals surface area contributed by atoms with E-state index >= 15 is 0 Å². The number of aromatic hydroxyl groups is 1. The van der Waals surface area contributed by atoms with Gasteiger partial charge in [-0.25, -0.2) is 0 Å². The van der Waals surface area contributed by atoms with Crippen LogP contribution in [0.2, 0.25) is 5.02 Å². The van der Waals surface area contributed by atoms with Crippen LogP contribution in [0.1, 0.15) is 5.56 Å². The van der Waals surface area contributed by atoms with E-state index in [0.29, 0.717) is 0 Å². The second kappa shape index (κ2) is 5.05. The first-order valence-electron chi connectivity index (χ1n) is 4.50. The van der Waals surface area contributed by atoms with E-state index in [4.69, 9.17) is 27.2 Å². The normalized spacial score (nSPS) is 12.2. The van der Waals surface area contributed by atoms with E-state index in [-0.39, 0.29) is 28.5 Å². The van der Waals surface area contributed by atoms with Gasteiger partial charge in [-0.05, 0) is 12.1 Å². The summed E-state index contributed by atoms with van der Waals surface area (Å²) in [4.78, 5) is 10.6. The molecule has 0 aromatic heterocycles. The van der Waals surface area contributed by atoms with Gasteiger partial charge in [-0.15, -0.1) is 0 Å². The number of hydrogen-bond donors (Lipinski definition) is 3. The maximum absolute atomic E-state index is 10.6. The number of hydrogen-bond acceptors (Lipinski definition) is 4. The fourth-order valence-corrected chi connectivity index (χ4v) is 1.49. The lowest BCUT2D eigenvalue weighted by Gasteiger charge is -2.12. The van der Waals surface area contributed by atoms with Gasteiger partial charge in [0.25, 0.3) is 0 Å². The van der Waals surface area contributed by atoms with E-state index in [1.807, 2.05) is 0 Å². The summed E-state index contributed by atoms with van der Waals surface area (Å²) >= 11 is 5.84. The van der Waals surface area contributed by atoms with Crippen molar-refractivity contribution in [1.29, 1.82) is 0 Å². The topological polar surface area (TPSA) is 92.8 Å². The molecule has 1 unspecified atom stereocenters. The third-order valence-electron chi connectivity index (χ3n) is 2.15. The predicted molar refractivity (Wildman–Crippen MR) is 59.0 cm³/mol. The van der Waals surface area contributed by atoms with Crippen molar-refractivity contribution in [3.8, 4) is 11.5 Å². The molecule has 1 rings (SSSR count). The molecule has 0 bridgehead atoms. The Balaban J connectivity index is 3.07. The van der Waals surface area contributed by atoms with Crippen molar-refractivity contribution < 1.29 is 19.7 Å². The minimum atomic E-state index is -1.15. The molecule has 1 aromatic rings. The average molecular weight is 246 g/mol. The summed E-state index contributed by atoms with van der Waals surface area (Å²) in [7, 11) is 1.39. The predicted octanol–water partition coefficient (Wildman–Crippen LogP) is 1.01. The third kappa shape index (κ3) is 2.56. The number of carboxylic acid groups (broad SMARTS) is 1. The fraction of sp³-hybridized carbons (Fsp3) is 0.300. The minimum Gasteiger partial charge on any atom is -0.504 e. The maximum atomic E-state index is 10.6.